The molecule has 0 amide bonds. The molecule has 0 heterocycles. The Morgan fingerprint density at radius 2 is 1.07 bits per heavy atom. The normalized spacial score (nSPS) is 14.4. The van der Waals surface area contributed by atoms with Gasteiger partial charge in [0.15, 0.2) is 0 Å². The molecule has 0 fully saturated rings. The summed E-state index contributed by atoms with van der Waals surface area (Å²) < 4.78 is 33.0. The van der Waals surface area contributed by atoms with E-state index in [2.05, 4.69) is 0 Å². The molecular formula is C9H24O4SiTi. The van der Waals surface area contributed by atoms with Gasteiger partial charge >= 0.3 is 98.7 Å². The van der Waals surface area contributed by atoms with Crippen LogP contribution in [-0.2, 0) is 21.1 Å². The summed E-state index contributed by atoms with van der Waals surface area (Å²) in [5.41, 5.74) is 0.733. The van der Waals surface area contributed by atoms with E-state index < -0.39 is 26.5 Å². The number of rotatable bonds is 5. The third-order valence-corrected chi connectivity index (χ3v) is 12.0. The van der Waals surface area contributed by atoms with Gasteiger partial charge in [-0.2, -0.15) is 0 Å². The molecule has 0 aliphatic rings. The van der Waals surface area contributed by atoms with E-state index in [9.17, 15) is 11.1 Å². The average Bonchev–Trinajstić information content (AvgIpc) is 1.96. The molecule has 0 unspecified atom stereocenters. The number of hydrogen-bond donors (Lipinski definition) is 3. The second kappa shape index (κ2) is 5.40. The van der Waals surface area contributed by atoms with E-state index in [0.717, 1.165) is 0 Å². The molecule has 0 aliphatic carbocycles. The molecule has 92 valence electrons. The van der Waals surface area contributed by atoms with Gasteiger partial charge in [-0.25, -0.2) is 0 Å². The van der Waals surface area contributed by atoms with Gasteiger partial charge in [0.05, 0.1) is 0 Å². The van der Waals surface area contributed by atoms with E-state index >= 15 is 0 Å². The Hall–Kier alpha value is 0.771. The quantitative estimate of drug-likeness (QED) is 0.669. The van der Waals surface area contributed by atoms with Crippen molar-refractivity contribution in [1.82, 2.24) is 0 Å². The molecule has 3 N–H and O–H groups in total. The Morgan fingerprint density at radius 3 is 1.13 bits per heavy atom. The predicted molar refractivity (Wildman–Crippen MR) is 58.8 cm³/mol. The molecule has 0 aromatic heterocycles. The van der Waals surface area contributed by atoms with Gasteiger partial charge < -0.3 is 0 Å². The molecule has 0 aromatic carbocycles. The zero-order valence-corrected chi connectivity index (χ0v) is 13.0. The molecule has 0 atom stereocenters. The fourth-order valence-corrected chi connectivity index (χ4v) is 13.3. The van der Waals surface area contributed by atoms with Crippen LogP contribution in [0.5, 0.6) is 0 Å². The number of hydrogen-bond acceptors (Lipinski definition) is 4. The summed E-state index contributed by atoms with van der Waals surface area (Å²) in [4.78, 5) is 0. The van der Waals surface area contributed by atoms with Crippen LogP contribution in [0.2, 0.25) is 16.6 Å². The summed E-state index contributed by atoms with van der Waals surface area (Å²) in [7, 11) is -2.33. The molecular weight excluding hydrogens is 248 g/mol. The third-order valence-electron chi connectivity index (χ3n) is 3.02. The Bertz CT molecular complexity index is 179. The van der Waals surface area contributed by atoms with Crippen LogP contribution in [0.1, 0.15) is 41.5 Å². The van der Waals surface area contributed by atoms with Crippen molar-refractivity contribution in [2.24, 2.45) is 0 Å². The van der Waals surface area contributed by atoms with Crippen molar-refractivity contribution in [1.29, 1.82) is 0 Å². The first-order valence-electron chi connectivity index (χ1n) is 5.41. The van der Waals surface area contributed by atoms with Crippen molar-refractivity contribution in [3.05, 3.63) is 0 Å². The molecule has 0 bridgehead atoms. The first kappa shape index (κ1) is 15.8. The minimum atomic E-state index is -4.91. The van der Waals surface area contributed by atoms with Crippen LogP contribution in [0.3, 0.4) is 0 Å². The first-order chi connectivity index (χ1) is 6.54. The average molecular weight is 272 g/mol. The fourth-order valence-electron chi connectivity index (χ4n) is 2.59. The summed E-state index contributed by atoms with van der Waals surface area (Å²) >= 11 is -4.91. The van der Waals surface area contributed by atoms with E-state index in [1.807, 2.05) is 41.5 Å². The van der Waals surface area contributed by atoms with Crippen LogP contribution in [0, 0.1) is 0 Å². The van der Waals surface area contributed by atoms with E-state index in [0.29, 0.717) is 0 Å². The van der Waals surface area contributed by atoms with Crippen LogP contribution in [0.15, 0.2) is 0 Å². The Morgan fingerprint density at radius 1 is 0.800 bits per heavy atom. The van der Waals surface area contributed by atoms with Gasteiger partial charge in [-0.1, -0.05) is 0 Å². The van der Waals surface area contributed by atoms with Gasteiger partial charge in [-0.3, -0.25) is 0 Å². The van der Waals surface area contributed by atoms with Crippen molar-refractivity contribution >= 4 is 8.32 Å². The SMILES string of the molecule is CC(C)[Si]([O][Ti]([OH])([OH])[OH])(C(C)C)C(C)C. The summed E-state index contributed by atoms with van der Waals surface area (Å²) in [6, 6.07) is 0. The minimum absolute atomic E-state index is 0.244. The maximum absolute atomic E-state index is 9.21. The zero-order chi connectivity index (χ0) is 12.4. The van der Waals surface area contributed by atoms with E-state index in [-0.39, 0.29) is 16.6 Å². The second-order valence-electron chi connectivity index (χ2n) is 4.99. The molecule has 15 heavy (non-hydrogen) atoms. The molecule has 0 saturated carbocycles. The summed E-state index contributed by atoms with van der Waals surface area (Å²) in [5.74, 6) is 0. The Balaban J connectivity index is 5.15. The van der Waals surface area contributed by atoms with Gasteiger partial charge in [0.2, 0.25) is 0 Å². The summed E-state index contributed by atoms with van der Waals surface area (Å²) in [6.07, 6.45) is 0. The molecule has 6 heteroatoms. The van der Waals surface area contributed by atoms with Crippen molar-refractivity contribution in [2.45, 2.75) is 58.2 Å². The van der Waals surface area contributed by atoms with Crippen LogP contribution < -0.4 is 0 Å². The Labute approximate surface area is 98.7 Å². The van der Waals surface area contributed by atoms with Crippen molar-refractivity contribution in [3.8, 4) is 0 Å². The Kier molecular flexibility index (Phi) is 5.68. The summed E-state index contributed by atoms with van der Waals surface area (Å²) in [6.45, 7) is 12.2. The van der Waals surface area contributed by atoms with Crippen LogP contribution in [-0.4, -0.2) is 19.4 Å². The molecule has 0 spiro atoms. The molecule has 0 saturated heterocycles. The van der Waals surface area contributed by atoms with Gasteiger partial charge in [0, 0.05) is 0 Å². The molecule has 4 nitrogen and oxygen atoms in total. The van der Waals surface area contributed by atoms with E-state index in [4.69, 9.17) is 3.01 Å². The molecule has 0 rings (SSSR count). The summed E-state index contributed by atoms with van der Waals surface area (Å²) in [5, 5.41) is 0. The van der Waals surface area contributed by atoms with Crippen LogP contribution in [0.25, 0.3) is 0 Å². The standard InChI is InChI=1S/C9H21OSi.3H2O.Ti/c1-7(2)11(10,8(3)4)9(5)6;;;;/h7-9H,1-6H3;3*1H2;/q-1;;;;+4/p-3. The zero-order valence-electron chi connectivity index (χ0n) is 10.5. The van der Waals surface area contributed by atoms with Gasteiger partial charge in [0.25, 0.3) is 0 Å². The second-order valence-corrected chi connectivity index (χ2v) is 13.1. The fraction of sp³-hybridized carbons (Fsp3) is 1.00. The monoisotopic (exact) mass is 272 g/mol. The van der Waals surface area contributed by atoms with Crippen LogP contribution in [0.4, 0.5) is 0 Å². The predicted octanol–water partition coefficient (Wildman–Crippen LogP) is 1.97. The van der Waals surface area contributed by atoms with Crippen molar-refractivity contribution < 1.29 is 32.2 Å². The molecule has 0 aliphatic heterocycles. The third kappa shape index (κ3) is 3.93. The van der Waals surface area contributed by atoms with Crippen molar-refractivity contribution in [3.63, 3.8) is 0 Å². The topological polar surface area (TPSA) is 69.9 Å². The van der Waals surface area contributed by atoms with E-state index in [1.165, 1.54) is 0 Å². The van der Waals surface area contributed by atoms with E-state index in [1.54, 1.807) is 0 Å². The van der Waals surface area contributed by atoms with Gasteiger partial charge in [-0.05, 0) is 0 Å². The molecule has 0 radical (unpaired) electrons. The van der Waals surface area contributed by atoms with Gasteiger partial charge in [-0.15, -0.1) is 0 Å². The van der Waals surface area contributed by atoms with Gasteiger partial charge in [0.1, 0.15) is 0 Å². The maximum atomic E-state index is 9.21. The van der Waals surface area contributed by atoms with Crippen LogP contribution >= 0.6 is 0 Å². The van der Waals surface area contributed by atoms with Crippen molar-refractivity contribution in [2.75, 3.05) is 0 Å². The first-order valence-corrected chi connectivity index (χ1v) is 10.3. The molecule has 0 aromatic rings.